The lowest BCUT2D eigenvalue weighted by Gasteiger charge is -1.99. The van der Waals surface area contributed by atoms with Crippen molar-refractivity contribution in [2.75, 3.05) is 7.11 Å². The standard InChI is InChI=1S/C6H4BrIN2O2/c1-12-6(11)4-5(8)9-2-3(7)10-4/h2H,1H3. The molecule has 0 fully saturated rings. The molecule has 0 aliphatic rings. The quantitative estimate of drug-likeness (QED) is 0.575. The van der Waals surface area contributed by atoms with Crippen molar-refractivity contribution in [3.63, 3.8) is 0 Å². The highest BCUT2D eigenvalue weighted by atomic mass is 127. The summed E-state index contributed by atoms with van der Waals surface area (Å²) in [5.41, 5.74) is 0.229. The van der Waals surface area contributed by atoms with E-state index in [0.29, 0.717) is 8.30 Å². The zero-order valence-electron chi connectivity index (χ0n) is 6.04. The van der Waals surface area contributed by atoms with E-state index in [1.54, 1.807) is 0 Å². The van der Waals surface area contributed by atoms with Crippen LogP contribution >= 0.6 is 38.5 Å². The van der Waals surface area contributed by atoms with E-state index >= 15 is 0 Å². The summed E-state index contributed by atoms with van der Waals surface area (Å²) in [6, 6.07) is 0. The van der Waals surface area contributed by atoms with Gasteiger partial charge in [-0.2, -0.15) is 0 Å². The molecule has 0 bridgehead atoms. The molecule has 0 unspecified atom stereocenters. The topological polar surface area (TPSA) is 52.1 Å². The average molecular weight is 343 g/mol. The maximum Gasteiger partial charge on any atom is 0.359 e. The van der Waals surface area contributed by atoms with Gasteiger partial charge in [0.25, 0.3) is 0 Å². The zero-order chi connectivity index (χ0) is 9.14. The number of nitrogens with zero attached hydrogens (tertiary/aromatic N) is 2. The molecule has 0 N–H and O–H groups in total. The highest BCUT2D eigenvalue weighted by Crippen LogP contribution is 2.11. The van der Waals surface area contributed by atoms with Gasteiger partial charge in [-0.05, 0) is 38.5 Å². The lowest BCUT2D eigenvalue weighted by atomic mass is 10.5. The number of ether oxygens (including phenoxy) is 1. The van der Waals surface area contributed by atoms with Crippen LogP contribution in [0, 0.1) is 3.70 Å². The molecule has 0 aromatic carbocycles. The van der Waals surface area contributed by atoms with Crippen LogP contribution in [0.5, 0.6) is 0 Å². The van der Waals surface area contributed by atoms with E-state index in [9.17, 15) is 4.79 Å². The Morgan fingerprint density at radius 1 is 1.75 bits per heavy atom. The summed E-state index contributed by atoms with van der Waals surface area (Å²) in [4.78, 5) is 18.9. The molecule has 1 heterocycles. The van der Waals surface area contributed by atoms with Gasteiger partial charge in [-0.3, -0.25) is 0 Å². The summed E-state index contributed by atoms with van der Waals surface area (Å²) < 4.78 is 5.55. The Labute approximate surface area is 91.0 Å². The number of carbonyl (C=O) groups is 1. The van der Waals surface area contributed by atoms with E-state index in [-0.39, 0.29) is 5.69 Å². The lowest BCUT2D eigenvalue weighted by Crippen LogP contribution is -2.08. The average Bonchev–Trinajstić information content (AvgIpc) is 2.08. The lowest BCUT2D eigenvalue weighted by molar-refractivity contribution is 0.0591. The van der Waals surface area contributed by atoms with Crippen LogP contribution in [0.15, 0.2) is 10.8 Å². The van der Waals surface area contributed by atoms with Crippen LogP contribution in [0.1, 0.15) is 10.5 Å². The van der Waals surface area contributed by atoms with E-state index in [4.69, 9.17) is 0 Å². The number of methoxy groups -OCH3 is 1. The Kier molecular flexibility index (Phi) is 3.39. The Morgan fingerprint density at radius 3 is 3.00 bits per heavy atom. The molecule has 0 saturated heterocycles. The molecule has 4 nitrogen and oxygen atoms in total. The number of esters is 1. The predicted octanol–water partition coefficient (Wildman–Crippen LogP) is 1.63. The number of hydrogen-bond donors (Lipinski definition) is 0. The van der Waals surface area contributed by atoms with Gasteiger partial charge in [0.15, 0.2) is 5.69 Å². The fourth-order valence-electron chi connectivity index (χ4n) is 0.579. The summed E-state index contributed by atoms with van der Waals surface area (Å²) >= 11 is 5.03. The van der Waals surface area contributed by atoms with Gasteiger partial charge in [0.05, 0.1) is 13.3 Å². The van der Waals surface area contributed by atoms with Crippen LogP contribution in [0.2, 0.25) is 0 Å². The summed E-state index contributed by atoms with van der Waals surface area (Å²) in [6.07, 6.45) is 1.52. The van der Waals surface area contributed by atoms with Crippen molar-refractivity contribution < 1.29 is 9.53 Å². The van der Waals surface area contributed by atoms with Crippen molar-refractivity contribution in [3.05, 3.63) is 20.2 Å². The highest BCUT2D eigenvalue weighted by Gasteiger charge is 2.13. The second-order valence-corrected chi connectivity index (χ2v) is 3.66. The molecular weight excluding hydrogens is 339 g/mol. The molecule has 1 rings (SSSR count). The summed E-state index contributed by atoms with van der Waals surface area (Å²) in [5.74, 6) is -0.479. The Hall–Kier alpha value is -0.240. The van der Waals surface area contributed by atoms with Crippen molar-refractivity contribution in [2.45, 2.75) is 0 Å². The molecule has 1 aromatic heterocycles. The highest BCUT2D eigenvalue weighted by molar-refractivity contribution is 14.1. The Bertz CT molecular complexity index is 318. The van der Waals surface area contributed by atoms with Gasteiger partial charge in [-0.1, -0.05) is 0 Å². The van der Waals surface area contributed by atoms with Crippen LogP contribution in [0.25, 0.3) is 0 Å². The smallest absolute Gasteiger partial charge is 0.359 e. The van der Waals surface area contributed by atoms with Gasteiger partial charge in [0, 0.05) is 0 Å². The third-order valence-electron chi connectivity index (χ3n) is 1.08. The molecule has 0 atom stereocenters. The van der Waals surface area contributed by atoms with Crippen molar-refractivity contribution >= 4 is 44.5 Å². The first-order chi connectivity index (χ1) is 5.65. The summed E-state index contributed by atoms with van der Waals surface area (Å²) in [7, 11) is 1.31. The Morgan fingerprint density at radius 2 is 2.42 bits per heavy atom. The number of rotatable bonds is 1. The van der Waals surface area contributed by atoms with Gasteiger partial charge < -0.3 is 4.74 Å². The minimum absolute atomic E-state index is 0.229. The molecule has 0 spiro atoms. The van der Waals surface area contributed by atoms with Gasteiger partial charge >= 0.3 is 5.97 Å². The predicted molar refractivity (Wildman–Crippen MR) is 53.8 cm³/mol. The third kappa shape index (κ3) is 2.13. The molecule has 0 saturated carbocycles. The van der Waals surface area contributed by atoms with Gasteiger partial charge in [0.1, 0.15) is 8.30 Å². The molecule has 64 valence electrons. The normalized spacial score (nSPS) is 9.58. The number of carbonyl (C=O) groups excluding carboxylic acids is 1. The van der Waals surface area contributed by atoms with Crippen LogP contribution in [0.4, 0.5) is 0 Å². The molecule has 1 aromatic rings. The van der Waals surface area contributed by atoms with E-state index < -0.39 is 5.97 Å². The summed E-state index contributed by atoms with van der Waals surface area (Å²) in [5, 5.41) is 0. The molecule has 0 radical (unpaired) electrons. The van der Waals surface area contributed by atoms with Crippen molar-refractivity contribution in [3.8, 4) is 0 Å². The molecule has 0 amide bonds. The minimum atomic E-state index is -0.479. The third-order valence-corrected chi connectivity index (χ3v) is 2.25. The number of aromatic nitrogens is 2. The summed E-state index contributed by atoms with van der Waals surface area (Å²) in [6.45, 7) is 0. The first-order valence-corrected chi connectivity index (χ1v) is 4.78. The van der Waals surface area contributed by atoms with Crippen LogP contribution < -0.4 is 0 Å². The fraction of sp³-hybridized carbons (Fsp3) is 0.167. The van der Waals surface area contributed by atoms with Crippen LogP contribution in [-0.2, 0) is 4.74 Å². The monoisotopic (exact) mass is 342 g/mol. The van der Waals surface area contributed by atoms with Crippen LogP contribution in [0.3, 0.4) is 0 Å². The molecular formula is C6H4BrIN2O2. The minimum Gasteiger partial charge on any atom is -0.464 e. The second-order valence-electron chi connectivity index (χ2n) is 1.82. The number of hydrogen-bond acceptors (Lipinski definition) is 4. The first kappa shape index (κ1) is 9.85. The van der Waals surface area contributed by atoms with Gasteiger partial charge in [0.2, 0.25) is 0 Å². The van der Waals surface area contributed by atoms with Crippen molar-refractivity contribution in [1.29, 1.82) is 0 Å². The molecule has 0 aliphatic heterocycles. The van der Waals surface area contributed by atoms with Crippen molar-refractivity contribution in [2.24, 2.45) is 0 Å². The molecule has 12 heavy (non-hydrogen) atoms. The van der Waals surface area contributed by atoms with Gasteiger partial charge in [-0.15, -0.1) is 0 Å². The van der Waals surface area contributed by atoms with E-state index in [1.165, 1.54) is 13.3 Å². The van der Waals surface area contributed by atoms with Gasteiger partial charge in [-0.25, -0.2) is 14.8 Å². The largest absolute Gasteiger partial charge is 0.464 e. The number of halogens is 2. The molecule has 6 heteroatoms. The van der Waals surface area contributed by atoms with E-state index in [1.807, 2.05) is 22.6 Å². The Balaban J connectivity index is 3.13. The molecule has 0 aliphatic carbocycles. The first-order valence-electron chi connectivity index (χ1n) is 2.91. The van der Waals surface area contributed by atoms with Crippen molar-refractivity contribution in [1.82, 2.24) is 9.97 Å². The van der Waals surface area contributed by atoms with E-state index in [0.717, 1.165) is 0 Å². The maximum atomic E-state index is 11.0. The zero-order valence-corrected chi connectivity index (χ0v) is 9.79. The SMILES string of the molecule is COC(=O)c1nc(Br)cnc1I. The fourth-order valence-corrected chi connectivity index (χ4v) is 1.34. The second kappa shape index (κ2) is 4.13. The van der Waals surface area contributed by atoms with E-state index in [2.05, 4.69) is 30.6 Å². The van der Waals surface area contributed by atoms with Crippen LogP contribution in [-0.4, -0.2) is 23.0 Å². The maximum absolute atomic E-state index is 11.0.